The molecule has 2 aromatic rings. The minimum atomic E-state index is -4.94. The van der Waals surface area contributed by atoms with Crippen LogP contribution >= 0.6 is 0 Å². The van der Waals surface area contributed by atoms with E-state index in [9.17, 15) is 0 Å². The standard InChI is InChI=1S/C19H24N2.ClHO4/c1-3-19(4-2)11-7-12-21-13-10-15-14-8-5-6-9-16(14)20-17(15)18(19)21;2-1(3,4)5/h5-6,8-9H,3-4,7,10-13H2,1-2H3;(H,2,3,4,5). The Bertz CT molecular complexity index is 813. The molecule has 142 valence electrons. The van der Waals surface area contributed by atoms with Crippen molar-refractivity contribution in [3.63, 3.8) is 0 Å². The first-order chi connectivity index (χ1) is 12.3. The van der Waals surface area contributed by atoms with Gasteiger partial charge in [-0.3, -0.25) is 0 Å². The predicted molar refractivity (Wildman–Crippen MR) is 88.4 cm³/mol. The molecular formula is C19H25ClN2O4. The molecule has 2 aliphatic heterocycles. The monoisotopic (exact) mass is 380 g/mol. The maximum absolute atomic E-state index is 8.49. The average Bonchev–Trinajstić information content (AvgIpc) is 2.98. The van der Waals surface area contributed by atoms with Crippen LogP contribution in [0, 0.1) is 15.7 Å². The molecule has 0 saturated heterocycles. The molecule has 1 N–H and O–H groups in total. The highest BCUT2D eigenvalue weighted by atomic mass is 35.7. The van der Waals surface area contributed by atoms with Crippen LogP contribution in [0.25, 0.3) is 10.9 Å². The Labute approximate surface area is 155 Å². The number of H-pyrrole nitrogens is 1. The second kappa shape index (κ2) is 7.29. The van der Waals surface area contributed by atoms with Gasteiger partial charge >= 0.3 is 0 Å². The van der Waals surface area contributed by atoms with E-state index in [0.29, 0.717) is 5.41 Å². The molecule has 4 rings (SSSR count). The summed E-state index contributed by atoms with van der Waals surface area (Å²) in [4.78, 5) is 3.76. The van der Waals surface area contributed by atoms with Crippen LogP contribution in [0.3, 0.4) is 0 Å². The summed E-state index contributed by atoms with van der Waals surface area (Å²) >= 11 is 0. The summed E-state index contributed by atoms with van der Waals surface area (Å²) in [6.45, 7) is 7.19. The van der Waals surface area contributed by atoms with Crippen molar-refractivity contribution in [2.45, 2.75) is 46.0 Å². The second-order valence-corrected chi connectivity index (χ2v) is 7.83. The van der Waals surface area contributed by atoms with Crippen molar-refractivity contribution in [2.24, 2.45) is 5.41 Å². The average molecular weight is 381 g/mol. The van der Waals surface area contributed by atoms with Crippen molar-refractivity contribution >= 4 is 16.6 Å². The number of nitrogens with one attached hydrogen (secondary N) is 1. The Kier molecular flexibility index (Phi) is 5.42. The molecular weight excluding hydrogens is 356 g/mol. The topological polar surface area (TPSA) is 111 Å². The highest BCUT2D eigenvalue weighted by Gasteiger charge is 2.46. The van der Waals surface area contributed by atoms with Crippen molar-refractivity contribution in [1.82, 2.24) is 4.98 Å². The number of fused-ring (bicyclic) bond motifs is 4. The lowest BCUT2D eigenvalue weighted by molar-refractivity contribution is -2.00. The Balaban J connectivity index is 0.000000349. The number of aromatic nitrogens is 1. The smallest absolute Gasteiger partial charge is 0.206 e. The van der Waals surface area contributed by atoms with Crippen molar-refractivity contribution < 1.29 is 33.5 Å². The van der Waals surface area contributed by atoms with Crippen LogP contribution in [0.15, 0.2) is 24.3 Å². The fourth-order valence-electron chi connectivity index (χ4n) is 4.67. The number of aromatic amines is 1. The number of para-hydroxylation sites is 1. The largest absolute Gasteiger partial charge is 0.350 e. The number of hydrogen-bond donors (Lipinski definition) is 1. The molecule has 26 heavy (non-hydrogen) atoms. The Hall–Kier alpha value is -1.44. The molecule has 0 aliphatic carbocycles. The molecule has 1 aromatic carbocycles. The lowest BCUT2D eigenvalue weighted by atomic mass is 9.69. The van der Waals surface area contributed by atoms with E-state index < -0.39 is 10.2 Å². The molecule has 0 radical (unpaired) electrons. The number of hydrogen-bond acceptors (Lipinski definition) is 4. The zero-order valence-electron chi connectivity index (χ0n) is 15.2. The van der Waals surface area contributed by atoms with Crippen LogP contribution in [0.4, 0.5) is 0 Å². The SMILES string of the molecule is CCC1(CC)CCC[N+]2=C1c1[nH]c3ccccc3c1CC2.[O-][Cl+3]([O-])([O-])[O-]. The highest BCUT2D eigenvalue weighted by Crippen LogP contribution is 2.42. The van der Waals surface area contributed by atoms with Gasteiger partial charge in [0.05, 0.1) is 5.41 Å². The fraction of sp³-hybridized carbons (Fsp3) is 0.526. The molecule has 6 nitrogen and oxygen atoms in total. The lowest BCUT2D eigenvalue weighted by Crippen LogP contribution is -2.68. The van der Waals surface area contributed by atoms with E-state index >= 15 is 0 Å². The molecule has 0 fully saturated rings. The summed E-state index contributed by atoms with van der Waals surface area (Å²) in [5, 5.41) is 1.44. The van der Waals surface area contributed by atoms with E-state index in [2.05, 4.69) is 47.7 Å². The van der Waals surface area contributed by atoms with Crippen LogP contribution in [-0.2, 0) is 6.42 Å². The van der Waals surface area contributed by atoms with Gasteiger partial charge in [-0.2, -0.15) is 0 Å². The minimum Gasteiger partial charge on any atom is -0.350 e. The predicted octanol–water partition coefficient (Wildman–Crippen LogP) is -0.630. The summed E-state index contributed by atoms with van der Waals surface area (Å²) in [7, 11) is -4.94. The second-order valence-electron chi connectivity index (χ2n) is 7.08. The van der Waals surface area contributed by atoms with Crippen LogP contribution in [0.2, 0.25) is 0 Å². The number of benzene rings is 1. The number of rotatable bonds is 2. The van der Waals surface area contributed by atoms with Crippen LogP contribution < -0.4 is 18.6 Å². The molecule has 0 unspecified atom stereocenters. The first-order valence-electron chi connectivity index (χ1n) is 9.13. The van der Waals surface area contributed by atoms with E-state index in [-0.39, 0.29) is 0 Å². The van der Waals surface area contributed by atoms with Gasteiger partial charge in [-0.1, -0.05) is 32.0 Å². The molecule has 1 aromatic heterocycles. The Morgan fingerprint density at radius 1 is 1.08 bits per heavy atom. The first kappa shape index (κ1) is 19.3. The van der Waals surface area contributed by atoms with Gasteiger partial charge in [-0.15, -0.1) is 10.2 Å². The van der Waals surface area contributed by atoms with Gasteiger partial charge in [0.1, 0.15) is 18.8 Å². The van der Waals surface area contributed by atoms with Gasteiger partial charge in [0.25, 0.3) is 0 Å². The van der Waals surface area contributed by atoms with Crippen molar-refractivity contribution in [3.8, 4) is 0 Å². The van der Waals surface area contributed by atoms with Crippen LogP contribution in [0.1, 0.15) is 50.8 Å². The third kappa shape index (κ3) is 3.66. The van der Waals surface area contributed by atoms with Gasteiger partial charge in [0.15, 0.2) is 0 Å². The molecule has 0 atom stereocenters. The lowest BCUT2D eigenvalue weighted by Gasteiger charge is -2.36. The molecule has 0 bridgehead atoms. The third-order valence-electron chi connectivity index (χ3n) is 5.94. The summed E-state index contributed by atoms with van der Waals surface area (Å²) in [5.41, 5.74) is 6.32. The van der Waals surface area contributed by atoms with E-state index in [1.165, 1.54) is 61.8 Å². The number of nitrogens with zero attached hydrogens (tertiary/aromatic N) is 1. The van der Waals surface area contributed by atoms with Crippen molar-refractivity contribution in [3.05, 3.63) is 35.5 Å². The van der Waals surface area contributed by atoms with E-state index in [4.69, 9.17) is 18.6 Å². The summed E-state index contributed by atoms with van der Waals surface area (Å²) in [6, 6.07) is 8.81. The van der Waals surface area contributed by atoms with Gasteiger partial charge in [0, 0.05) is 23.7 Å². The van der Waals surface area contributed by atoms with E-state index in [1.807, 2.05) is 0 Å². The normalized spacial score (nSPS) is 18.8. The van der Waals surface area contributed by atoms with Crippen molar-refractivity contribution in [1.29, 1.82) is 0 Å². The van der Waals surface area contributed by atoms with Crippen LogP contribution in [-0.4, -0.2) is 28.4 Å². The zero-order valence-corrected chi connectivity index (χ0v) is 16.0. The summed E-state index contributed by atoms with van der Waals surface area (Å²) in [6.07, 6.45) is 6.39. The van der Waals surface area contributed by atoms with Gasteiger partial charge < -0.3 is 4.98 Å². The third-order valence-corrected chi connectivity index (χ3v) is 5.94. The minimum absolute atomic E-state index is 0.383. The highest BCUT2D eigenvalue weighted by molar-refractivity contribution is 6.06. The number of halogens is 1. The Morgan fingerprint density at radius 3 is 2.38 bits per heavy atom. The molecule has 2 aliphatic rings. The van der Waals surface area contributed by atoms with E-state index in [0.717, 1.165) is 0 Å². The zero-order chi connectivity index (χ0) is 18.9. The summed E-state index contributed by atoms with van der Waals surface area (Å²) in [5.74, 6) is 0. The quantitative estimate of drug-likeness (QED) is 0.699. The van der Waals surface area contributed by atoms with Crippen molar-refractivity contribution in [2.75, 3.05) is 13.1 Å². The Morgan fingerprint density at radius 2 is 1.73 bits per heavy atom. The molecule has 0 amide bonds. The fourth-order valence-corrected chi connectivity index (χ4v) is 4.67. The molecule has 0 saturated carbocycles. The molecule has 0 spiro atoms. The summed E-state index contributed by atoms with van der Waals surface area (Å²) < 4.78 is 36.6. The van der Waals surface area contributed by atoms with Gasteiger partial charge in [-0.25, -0.2) is 23.2 Å². The van der Waals surface area contributed by atoms with Gasteiger partial charge in [-0.05, 0) is 30.9 Å². The van der Waals surface area contributed by atoms with E-state index in [1.54, 1.807) is 11.3 Å². The molecule has 7 heteroatoms. The van der Waals surface area contributed by atoms with Gasteiger partial charge in [0.2, 0.25) is 5.71 Å². The maximum Gasteiger partial charge on any atom is 0.206 e. The maximum atomic E-state index is 8.49. The molecule has 3 heterocycles. The first-order valence-corrected chi connectivity index (χ1v) is 10.4. The van der Waals surface area contributed by atoms with Crippen LogP contribution in [0.5, 0.6) is 0 Å².